The highest BCUT2D eigenvalue weighted by Gasteiger charge is 2.54. The van der Waals surface area contributed by atoms with Crippen molar-refractivity contribution >= 4 is 30.3 Å². The van der Waals surface area contributed by atoms with Crippen molar-refractivity contribution in [3.05, 3.63) is 0 Å². The maximum absolute atomic E-state index is 5.41. The van der Waals surface area contributed by atoms with Crippen LogP contribution in [0.1, 0.15) is 12.8 Å². The molecular weight excluding hydrogens is 323 g/mol. The van der Waals surface area contributed by atoms with Crippen molar-refractivity contribution in [2.45, 2.75) is 24.9 Å². The molecule has 15 heavy (non-hydrogen) atoms. The number of fused-ring (bicyclic) bond motifs is 1. The molecule has 0 bridgehead atoms. The van der Waals surface area contributed by atoms with E-state index in [1.165, 1.54) is 25.9 Å². The van der Waals surface area contributed by atoms with Gasteiger partial charge in [-0.05, 0) is 22.0 Å². The monoisotopic (exact) mass is 340 g/mol. The first-order valence-electron chi connectivity index (χ1n) is 5.76. The van der Waals surface area contributed by atoms with Gasteiger partial charge in [-0.3, -0.25) is 0 Å². The number of nitrogens with zero attached hydrogens (tertiary/aromatic N) is 1. The van der Waals surface area contributed by atoms with Crippen LogP contribution in [0.3, 0.4) is 0 Å². The largest absolute Gasteiger partial charge is 0.381 e. The first-order valence-corrected chi connectivity index (χ1v) is 9.07. The van der Waals surface area contributed by atoms with E-state index in [0.29, 0.717) is 0 Å². The van der Waals surface area contributed by atoms with E-state index in [1.807, 2.05) is 9.12 Å². The molecule has 0 radical (unpaired) electrons. The van der Waals surface area contributed by atoms with Crippen LogP contribution in [0.2, 0.25) is 0 Å². The Morgan fingerprint density at radius 3 is 2.47 bits per heavy atom. The second kappa shape index (κ2) is 4.68. The lowest BCUT2D eigenvalue weighted by molar-refractivity contribution is 0.151. The van der Waals surface area contributed by atoms with Crippen molar-refractivity contribution in [2.75, 3.05) is 26.3 Å². The molecule has 2 unspecified atom stereocenters. The number of ether oxygens (including phenoxy) is 1. The summed E-state index contributed by atoms with van der Waals surface area (Å²) >= 11 is 2.38. The highest BCUT2D eigenvalue weighted by atomic mass is 127. The lowest BCUT2D eigenvalue weighted by Gasteiger charge is -2.30. The molecule has 86 valence electrons. The lowest BCUT2D eigenvalue weighted by atomic mass is 10.1. The number of nitrogens with one attached hydrogen (secondary N) is 1. The van der Waals surface area contributed by atoms with Gasteiger partial charge in [0.05, 0.1) is 13.2 Å². The zero-order valence-electron chi connectivity index (χ0n) is 8.69. The molecule has 1 N–H and O–H groups in total. The van der Waals surface area contributed by atoms with Gasteiger partial charge in [0.25, 0.3) is 0 Å². The fourth-order valence-corrected chi connectivity index (χ4v) is 4.38. The highest BCUT2D eigenvalue weighted by molar-refractivity contribution is 14.2. The molecule has 0 amide bonds. The van der Waals surface area contributed by atoms with Crippen molar-refractivity contribution in [3.63, 3.8) is 0 Å². The number of hydrogen-bond acceptors (Lipinski definition) is 4. The number of piperidine rings is 1. The molecule has 0 aromatic heterocycles. The summed E-state index contributed by atoms with van der Waals surface area (Å²) < 4.78 is 7.86. The van der Waals surface area contributed by atoms with E-state index in [1.54, 1.807) is 0 Å². The predicted octanol–water partition coefficient (Wildman–Crippen LogP) is 1.68. The quantitative estimate of drug-likeness (QED) is 0.624. The minimum Gasteiger partial charge on any atom is -0.381 e. The lowest BCUT2D eigenvalue weighted by Crippen LogP contribution is -2.42. The Morgan fingerprint density at radius 2 is 1.87 bits per heavy atom. The fourth-order valence-electron chi connectivity index (χ4n) is 2.85. The van der Waals surface area contributed by atoms with E-state index in [4.69, 9.17) is 4.74 Å². The number of hydrogen-bond donors (Lipinski definition) is 1. The van der Waals surface area contributed by atoms with Gasteiger partial charge in [-0.2, -0.15) is 0 Å². The third kappa shape index (κ3) is 2.31. The van der Waals surface area contributed by atoms with Gasteiger partial charge in [-0.1, -0.05) is 0 Å². The molecule has 0 aromatic rings. The maximum Gasteiger partial charge on any atom is 0.0513 e. The predicted molar refractivity (Wildman–Crippen MR) is 70.9 cm³/mol. The van der Waals surface area contributed by atoms with Crippen LogP contribution in [-0.4, -0.2) is 42.7 Å². The van der Waals surface area contributed by atoms with Crippen LogP contribution >= 0.6 is 30.3 Å². The normalized spacial score (nSPS) is 41.8. The average Bonchev–Trinajstić information content (AvgIpc) is 2.75. The Labute approximate surface area is 107 Å². The van der Waals surface area contributed by atoms with Gasteiger partial charge in [0.15, 0.2) is 0 Å². The zero-order valence-corrected chi connectivity index (χ0v) is 11.7. The minimum absolute atomic E-state index is 0.764. The Bertz CT molecular complexity index is 225. The molecule has 5 heteroatoms. The van der Waals surface area contributed by atoms with Gasteiger partial charge in [0.1, 0.15) is 0 Å². The minimum atomic E-state index is 0.764. The van der Waals surface area contributed by atoms with Crippen molar-refractivity contribution < 1.29 is 4.74 Å². The summed E-state index contributed by atoms with van der Waals surface area (Å²) in [7, 11) is 1.85. The van der Waals surface area contributed by atoms with Crippen LogP contribution in [0.4, 0.5) is 0 Å². The van der Waals surface area contributed by atoms with E-state index < -0.39 is 0 Å². The molecule has 0 spiro atoms. The smallest absolute Gasteiger partial charge is 0.0513 e. The fraction of sp³-hybridized carbons (Fsp3) is 1.00. The van der Waals surface area contributed by atoms with Gasteiger partial charge in [-0.25, -0.2) is 4.31 Å². The van der Waals surface area contributed by atoms with E-state index in [2.05, 4.69) is 30.8 Å². The average molecular weight is 340 g/mol. The van der Waals surface area contributed by atoms with Crippen LogP contribution in [-0.2, 0) is 4.74 Å². The first kappa shape index (κ1) is 11.1. The second-order valence-electron chi connectivity index (χ2n) is 4.83. The summed E-state index contributed by atoms with van der Waals surface area (Å²) in [6, 6.07) is 1.56. The topological polar surface area (TPSA) is 24.5 Å². The van der Waals surface area contributed by atoms with Gasteiger partial charge < -0.3 is 10.1 Å². The molecule has 3 nitrogen and oxygen atoms in total. The van der Waals surface area contributed by atoms with Gasteiger partial charge in [-0.15, -0.1) is 0 Å². The van der Waals surface area contributed by atoms with Crippen molar-refractivity contribution in [1.29, 1.82) is 0 Å². The third-order valence-electron chi connectivity index (χ3n) is 3.93. The highest BCUT2D eigenvalue weighted by Crippen LogP contribution is 2.44. The number of halogens is 1. The summed E-state index contributed by atoms with van der Waals surface area (Å²) in [4.78, 5) is 0. The van der Waals surface area contributed by atoms with E-state index >= 15 is 0 Å². The van der Waals surface area contributed by atoms with Gasteiger partial charge >= 0.3 is 0 Å². The van der Waals surface area contributed by atoms with Crippen LogP contribution < -0.4 is 5.32 Å². The Morgan fingerprint density at radius 1 is 1.20 bits per heavy atom. The second-order valence-corrected chi connectivity index (χ2v) is 6.67. The molecule has 1 aliphatic carbocycles. The Kier molecular flexibility index (Phi) is 3.45. The molecule has 2 heterocycles. The molecule has 3 aliphatic rings. The number of rotatable bonds is 3. The van der Waals surface area contributed by atoms with E-state index in [9.17, 15) is 0 Å². The van der Waals surface area contributed by atoms with Crippen LogP contribution in [0.25, 0.3) is 0 Å². The molecule has 2 atom stereocenters. The van der Waals surface area contributed by atoms with Gasteiger partial charge in [0.2, 0.25) is 0 Å². The van der Waals surface area contributed by atoms with Crippen LogP contribution in [0.5, 0.6) is 0 Å². The molecule has 1 saturated carbocycles. The SMILES string of the molecule is ISN1CCC(NC2C3COCC32)CC1. The Balaban J connectivity index is 1.42. The molecule has 2 saturated heterocycles. The summed E-state index contributed by atoms with van der Waals surface area (Å²) in [5.41, 5.74) is 0. The molecule has 2 aliphatic heterocycles. The van der Waals surface area contributed by atoms with Crippen LogP contribution in [0.15, 0.2) is 0 Å². The first-order chi connectivity index (χ1) is 7.38. The third-order valence-corrected chi connectivity index (χ3v) is 6.16. The van der Waals surface area contributed by atoms with Gasteiger partial charge in [0, 0.05) is 58.2 Å². The summed E-state index contributed by atoms with van der Waals surface area (Å²) in [6.45, 7) is 4.49. The molecule has 3 fully saturated rings. The standard InChI is InChI=1S/C10H17IN2OS/c11-15-13-3-1-7(2-4-13)12-10-8-5-14-6-9(8)10/h7-10,12H,1-6H2. The van der Waals surface area contributed by atoms with E-state index in [0.717, 1.165) is 37.1 Å². The molecule has 3 rings (SSSR count). The summed E-state index contributed by atoms with van der Waals surface area (Å²) in [5, 5.41) is 3.82. The van der Waals surface area contributed by atoms with Crippen LogP contribution in [0, 0.1) is 11.8 Å². The van der Waals surface area contributed by atoms with Crippen molar-refractivity contribution in [2.24, 2.45) is 11.8 Å². The Hall–Kier alpha value is 0.960. The zero-order chi connectivity index (χ0) is 10.3. The molecular formula is C10H17IN2OS. The van der Waals surface area contributed by atoms with Crippen molar-refractivity contribution in [1.82, 2.24) is 9.62 Å². The summed E-state index contributed by atoms with van der Waals surface area (Å²) in [6.07, 6.45) is 2.62. The molecule has 0 aromatic carbocycles. The van der Waals surface area contributed by atoms with E-state index in [-0.39, 0.29) is 0 Å². The maximum atomic E-state index is 5.41. The van der Waals surface area contributed by atoms with Crippen molar-refractivity contribution in [3.8, 4) is 0 Å². The summed E-state index contributed by atoms with van der Waals surface area (Å²) in [5.74, 6) is 1.70.